The van der Waals surface area contributed by atoms with E-state index < -0.39 is 85.2 Å². The summed E-state index contributed by atoms with van der Waals surface area (Å²) in [6.07, 6.45) is -6.98. The Morgan fingerprint density at radius 3 is 2.22 bits per heavy atom. The van der Waals surface area contributed by atoms with Crippen LogP contribution in [0.3, 0.4) is 0 Å². The van der Waals surface area contributed by atoms with Crippen LogP contribution in [-0.4, -0.2) is 124 Å². The number of amides is 2. The summed E-state index contributed by atoms with van der Waals surface area (Å²) in [6.45, 7) is 0.718. The number of hydrogen-bond donors (Lipinski definition) is 9. The molecule has 0 radical (unpaired) electrons. The van der Waals surface area contributed by atoms with Gasteiger partial charge in [0.15, 0.2) is 0 Å². The van der Waals surface area contributed by atoms with Gasteiger partial charge in [-0.25, -0.2) is 0 Å². The second kappa shape index (κ2) is 14.2. The molecule has 0 saturated carbocycles. The molecule has 0 aromatic carbocycles. The van der Waals surface area contributed by atoms with E-state index >= 15 is 0 Å². The fraction of sp³-hybridized carbons (Fsp3) is 0.857. The van der Waals surface area contributed by atoms with Crippen LogP contribution in [0.4, 0.5) is 8.78 Å². The number of unbranched alkanes of at least 4 members (excludes halogenated alkanes) is 1. The van der Waals surface area contributed by atoms with Crippen molar-refractivity contribution in [3.8, 4) is 0 Å². The van der Waals surface area contributed by atoms with E-state index in [-0.39, 0.29) is 13.0 Å². The van der Waals surface area contributed by atoms with Crippen molar-refractivity contribution in [2.24, 2.45) is 5.73 Å². The lowest BCUT2D eigenvalue weighted by molar-refractivity contribution is -0.416. The van der Waals surface area contributed by atoms with Gasteiger partial charge >= 0.3 is 11.9 Å². The van der Waals surface area contributed by atoms with Crippen LogP contribution in [0.15, 0.2) is 0 Å². The molecule has 216 valence electrons. The minimum atomic E-state index is -3.90. The minimum Gasteiger partial charge on any atom is -0.480 e. The zero-order valence-electron chi connectivity index (χ0n) is 20.9. The van der Waals surface area contributed by atoms with E-state index in [1.165, 1.54) is 13.8 Å². The van der Waals surface area contributed by atoms with Gasteiger partial charge in [0.1, 0.15) is 36.5 Å². The highest BCUT2D eigenvalue weighted by Crippen LogP contribution is 2.42. The van der Waals surface area contributed by atoms with Crippen molar-refractivity contribution >= 4 is 17.8 Å². The number of nitrogens with one attached hydrogen (secondary N) is 3. The van der Waals surface area contributed by atoms with Gasteiger partial charge in [0, 0.05) is 7.11 Å². The highest BCUT2D eigenvalue weighted by molar-refractivity contribution is 5.91. The number of aliphatic hydroxyl groups excluding tert-OH is 4. The first-order valence-corrected chi connectivity index (χ1v) is 11.7. The Balaban J connectivity index is 2.49. The second-order valence-corrected chi connectivity index (χ2v) is 8.92. The minimum absolute atomic E-state index is 0.0420. The Morgan fingerprint density at radius 2 is 1.68 bits per heavy atom. The van der Waals surface area contributed by atoms with Crippen LogP contribution in [-0.2, 0) is 23.9 Å². The van der Waals surface area contributed by atoms with E-state index in [9.17, 15) is 43.6 Å². The molecule has 1 fully saturated rings. The Hall–Kier alpha value is -2.05. The number of carboxylic acids is 1. The van der Waals surface area contributed by atoms with Gasteiger partial charge in [-0.1, -0.05) is 6.42 Å². The molecule has 16 heteroatoms. The van der Waals surface area contributed by atoms with Gasteiger partial charge in [0.25, 0.3) is 5.79 Å². The summed E-state index contributed by atoms with van der Waals surface area (Å²) >= 11 is 0. The standard InChI is InChI=1S/C21H38F2N4O10/c1-10(17(32)27-11(2)19(34)35)26-18(33)12(24)6-4-5-7-25-9-20(22,23)21(36-3)16(31)15(30)14(29)13(8-28)37-21/h10-16,25,28-31H,4-9,24H2,1-3H3,(H,26,33)(H,27,32)(H,34,35)/t10-,11-,12-,13+,14-,15-,16+,21+/m0/s1. The Bertz CT molecular complexity index is 778. The van der Waals surface area contributed by atoms with Crippen molar-refractivity contribution in [2.75, 3.05) is 26.8 Å². The average Bonchev–Trinajstić information content (AvgIpc) is 2.84. The first-order valence-electron chi connectivity index (χ1n) is 11.7. The van der Waals surface area contributed by atoms with Gasteiger partial charge in [-0.15, -0.1) is 0 Å². The molecule has 0 spiro atoms. The lowest BCUT2D eigenvalue weighted by Crippen LogP contribution is -2.73. The van der Waals surface area contributed by atoms with Crippen LogP contribution in [0.25, 0.3) is 0 Å². The van der Waals surface area contributed by atoms with Gasteiger partial charge < -0.3 is 56.7 Å². The summed E-state index contributed by atoms with van der Waals surface area (Å²) in [7, 11) is 0.833. The van der Waals surface area contributed by atoms with E-state index in [1.807, 2.05) is 0 Å². The molecule has 8 atom stereocenters. The third-order valence-electron chi connectivity index (χ3n) is 6.05. The van der Waals surface area contributed by atoms with Crippen LogP contribution >= 0.6 is 0 Å². The molecule has 0 bridgehead atoms. The van der Waals surface area contributed by atoms with Crippen LogP contribution in [0.5, 0.6) is 0 Å². The van der Waals surface area contributed by atoms with Crippen LogP contribution in [0.2, 0.25) is 0 Å². The largest absolute Gasteiger partial charge is 0.480 e. The van der Waals surface area contributed by atoms with Gasteiger partial charge in [-0.3, -0.25) is 14.4 Å². The van der Waals surface area contributed by atoms with Crippen molar-refractivity contribution < 1.29 is 58.2 Å². The number of carbonyl (C=O) groups excluding carboxylic acids is 2. The van der Waals surface area contributed by atoms with Gasteiger partial charge in [0.2, 0.25) is 11.8 Å². The number of ether oxygens (including phenoxy) is 2. The van der Waals surface area contributed by atoms with E-state index in [0.29, 0.717) is 12.8 Å². The number of hydrogen-bond acceptors (Lipinski definition) is 11. The highest BCUT2D eigenvalue weighted by atomic mass is 19.3. The number of rotatable bonds is 15. The summed E-state index contributed by atoms with van der Waals surface area (Å²) in [5.41, 5.74) is 5.79. The summed E-state index contributed by atoms with van der Waals surface area (Å²) in [6, 6.07) is -3.17. The molecule has 1 rings (SSSR count). The van der Waals surface area contributed by atoms with Gasteiger partial charge in [-0.2, -0.15) is 8.78 Å². The molecular formula is C21H38F2N4O10. The Kier molecular flexibility index (Phi) is 12.7. The lowest BCUT2D eigenvalue weighted by atomic mass is 9.88. The summed E-state index contributed by atoms with van der Waals surface area (Å²) in [5, 5.41) is 55.0. The number of aliphatic hydroxyl groups is 4. The molecule has 1 aliphatic rings. The van der Waals surface area contributed by atoms with Crippen molar-refractivity contribution in [1.82, 2.24) is 16.0 Å². The first-order chi connectivity index (χ1) is 17.1. The number of aliphatic carboxylic acids is 1. The van der Waals surface area contributed by atoms with Crippen molar-refractivity contribution in [3.63, 3.8) is 0 Å². The third kappa shape index (κ3) is 8.22. The maximum atomic E-state index is 15.0. The fourth-order valence-electron chi connectivity index (χ4n) is 3.66. The number of methoxy groups -OCH3 is 1. The molecule has 0 aromatic heterocycles. The van der Waals surface area contributed by atoms with E-state index in [1.54, 1.807) is 0 Å². The van der Waals surface area contributed by atoms with Gasteiger partial charge in [-0.05, 0) is 33.2 Å². The Morgan fingerprint density at radius 1 is 1.08 bits per heavy atom. The lowest BCUT2D eigenvalue weighted by Gasteiger charge is -2.50. The van der Waals surface area contributed by atoms with E-state index in [0.717, 1.165) is 7.11 Å². The highest BCUT2D eigenvalue weighted by Gasteiger charge is 2.67. The van der Waals surface area contributed by atoms with Crippen molar-refractivity contribution in [3.05, 3.63) is 0 Å². The Labute approximate surface area is 212 Å². The number of alkyl halides is 2. The predicted octanol–water partition coefficient (Wildman–Crippen LogP) is -3.38. The van der Waals surface area contributed by atoms with Gasteiger partial charge in [0.05, 0.1) is 19.2 Å². The number of nitrogens with two attached hydrogens (primary N) is 1. The normalized spacial score (nSPS) is 28.7. The van der Waals surface area contributed by atoms with Crippen molar-refractivity contribution in [2.45, 2.75) is 87.4 Å². The first kappa shape index (κ1) is 33.0. The SMILES string of the molecule is CO[C@@]1(C(F)(F)CNCCCC[C@H](N)C(=O)N[C@@H](C)C(=O)N[C@@H](C)C(=O)O)O[C@H](CO)[C@H](O)[C@H](O)[C@H]1O. The van der Waals surface area contributed by atoms with Crippen LogP contribution in [0.1, 0.15) is 33.1 Å². The smallest absolute Gasteiger partial charge is 0.325 e. The van der Waals surface area contributed by atoms with Crippen LogP contribution < -0.4 is 21.7 Å². The number of carbonyl (C=O) groups is 3. The number of carboxylic acid groups (broad SMARTS) is 1. The molecule has 1 aliphatic heterocycles. The molecule has 14 nitrogen and oxygen atoms in total. The maximum absolute atomic E-state index is 15.0. The third-order valence-corrected chi connectivity index (χ3v) is 6.05. The molecular weight excluding hydrogens is 506 g/mol. The zero-order chi connectivity index (χ0) is 28.6. The van der Waals surface area contributed by atoms with E-state index in [4.69, 9.17) is 20.3 Å². The zero-order valence-corrected chi connectivity index (χ0v) is 20.9. The van der Waals surface area contributed by atoms with E-state index in [2.05, 4.69) is 16.0 Å². The van der Waals surface area contributed by atoms with Crippen LogP contribution in [0, 0.1) is 0 Å². The molecule has 0 aliphatic carbocycles. The molecule has 2 amide bonds. The monoisotopic (exact) mass is 544 g/mol. The number of halogens is 2. The summed E-state index contributed by atoms with van der Waals surface area (Å²) in [5.74, 6) is -9.51. The molecule has 1 saturated heterocycles. The quantitative estimate of drug-likeness (QED) is 0.0919. The molecule has 37 heavy (non-hydrogen) atoms. The molecule has 1 heterocycles. The average molecular weight is 545 g/mol. The second-order valence-electron chi connectivity index (χ2n) is 8.92. The molecule has 0 unspecified atom stereocenters. The predicted molar refractivity (Wildman–Crippen MR) is 122 cm³/mol. The molecule has 10 N–H and O–H groups in total. The molecule has 0 aromatic rings. The fourth-order valence-corrected chi connectivity index (χ4v) is 3.66. The maximum Gasteiger partial charge on any atom is 0.325 e. The summed E-state index contributed by atoms with van der Waals surface area (Å²) in [4.78, 5) is 34.8. The van der Waals surface area contributed by atoms with Crippen molar-refractivity contribution in [1.29, 1.82) is 0 Å². The topological polar surface area (TPSA) is 233 Å². The summed E-state index contributed by atoms with van der Waals surface area (Å²) < 4.78 is 39.8.